The van der Waals surface area contributed by atoms with E-state index in [0.717, 1.165) is 60.1 Å². The molecule has 2 aliphatic rings. The number of fused-ring (bicyclic) bond motifs is 2. The summed E-state index contributed by atoms with van der Waals surface area (Å²) in [7, 11) is 1.98. The third-order valence-electron chi connectivity index (χ3n) is 7.25. The fourth-order valence-corrected chi connectivity index (χ4v) is 5.60. The molecule has 0 bridgehead atoms. The van der Waals surface area contributed by atoms with Gasteiger partial charge in [-0.05, 0) is 43.5 Å². The van der Waals surface area contributed by atoms with Crippen molar-refractivity contribution >= 4 is 22.8 Å². The van der Waals surface area contributed by atoms with Crippen LogP contribution in [0, 0.1) is 0 Å². The van der Waals surface area contributed by atoms with Crippen molar-refractivity contribution in [3.63, 3.8) is 0 Å². The highest BCUT2D eigenvalue weighted by Crippen LogP contribution is 2.41. The Hall–Kier alpha value is -3.15. The van der Waals surface area contributed by atoms with Crippen LogP contribution in [0.4, 0.5) is 0 Å². The number of carbonyl (C=O) groups excluding carboxylic acids is 2. The first kappa shape index (κ1) is 20.7. The third kappa shape index (κ3) is 3.48. The second-order valence-electron chi connectivity index (χ2n) is 9.32. The normalized spacial score (nSPS) is 18.6. The molecule has 2 amide bonds. The molecule has 0 radical (unpaired) electrons. The van der Waals surface area contributed by atoms with E-state index in [1.807, 2.05) is 72.0 Å². The molecule has 6 heteroatoms. The zero-order valence-corrected chi connectivity index (χ0v) is 18.8. The molecule has 1 aliphatic heterocycles. The van der Waals surface area contributed by atoms with Crippen molar-refractivity contribution in [1.29, 1.82) is 0 Å². The summed E-state index contributed by atoms with van der Waals surface area (Å²) in [6.07, 6.45) is 5.35. The van der Waals surface area contributed by atoms with Crippen LogP contribution < -0.4 is 5.32 Å². The Morgan fingerprint density at radius 2 is 1.81 bits per heavy atom. The van der Waals surface area contributed by atoms with E-state index in [1.54, 1.807) is 0 Å². The largest absolute Gasteiger partial charge is 0.346 e. The molecule has 1 N–H and O–H groups in total. The Balaban J connectivity index is 1.36. The fourth-order valence-electron chi connectivity index (χ4n) is 5.60. The molecule has 0 spiro atoms. The summed E-state index contributed by atoms with van der Waals surface area (Å²) < 4.78 is 2.04. The lowest BCUT2D eigenvalue weighted by Crippen LogP contribution is -2.53. The average Bonchev–Trinajstić information content (AvgIpc) is 3.32. The molecule has 1 unspecified atom stereocenters. The molecule has 32 heavy (non-hydrogen) atoms. The molecule has 6 nitrogen and oxygen atoms in total. The maximum absolute atomic E-state index is 13.3. The van der Waals surface area contributed by atoms with E-state index < -0.39 is 5.54 Å². The van der Waals surface area contributed by atoms with Crippen molar-refractivity contribution < 1.29 is 9.59 Å². The Labute approximate surface area is 188 Å². The average molecular weight is 431 g/mol. The SMILES string of the molecule is CC(NC(=O)CC1(N2Cc3ccccc3C2=O)CCCCC1)c1nc2ccccc2n1C. The first-order valence-corrected chi connectivity index (χ1v) is 11.6. The maximum Gasteiger partial charge on any atom is 0.254 e. The Morgan fingerprint density at radius 1 is 1.09 bits per heavy atom. The van der Waals surface area contributed by atoms with Crippen LogP contribution in [-0.2, 0) is 18.4 Å². The third-order valence-corrected chi connectivity index (χ3v) is 7.25. The molecule has 1 aromatic heterocycles. The van der Waals surface area contributed by atoms with E-state index in [9.17, 15) is 9.59 Å². The van der Waals surface area contributed by atoms with Gasteiger partial charge in [-0.15, -0.1) is 0 Å². The summed E-state index contributed by atoms with van der Waals surface area (Å²) in [5, 5.41) is 3.17. The Morgan fingerprint density at radius 3 is 2.56 bits per heavy atom. The predicted octanol–water partition coefficient (Wildman–Crippen LogP) is 4.50. The van der Waals surface area contributed by atoms with E-state index in [4.69, 9.17) is 4.98 Å². The van der Waals surface area contributed by atoms with Crippen molar-refractivity contribution in [1.82, 2.24) is 19.8 Å². The van der Waals surface area contributed by atoms with Crippen LogP contribution in [-0.4, -0.2) is 31.8 Å². The number of rotatable bonds is 5. The molecule has 166 valence electrons. The van der Waals surface area contributed by atoms with Gasteiger partial charge in [-0.25, -0.2) is 4.98 Å². The van der Waals surface area contributed by atoms with Crippen molar-refractivity contribution in [2.24, 2.45) is 7.05 Å². The number of imidazole rings is 1. The number of hydrogen-bond acceptors (Lipinski definition) is 3. The van der Waals surface area contributed by atoms with Gasteiger partial charge in [0.1, 0.15) is 5.82 Å². The summed E-state index contributed by atoms with van der Waals surface area (Å²) >= 11 is 0. The summed E-state index contributed by atoms with van der Waals surface area (Å²) in [5.74, 6) is 0.885. The predicted molar refractivity (Wildman–Crippen MR) is 124 cm³/mol. The molecule has 2 heterocycles. The van der Waals surface area contributed by atoms with E-state index in [1.165, 1.54) is 0 Å². The van der Waals surface area contributed by atoms with Crippen LogP contribution in [0.3, 0.4) is 0 Å². The summed E-state index contributed by atoms with van der Waals surface area (Å²) in [6.45, 7) is 2.58. The van der Waals surface area contributed by atoms with Gasteiger partial charge in [-0.2, -0.15) is 0 Å². The van der Waals surface area contributed by atoms with Crippen LogP contribution in [0.5, 0.6) is 0 Å². The van der Waals surface area contributed by atoms with Crippen LogP contribution in [0.1, 0.15) is 73.2 Å². The van der Waals surface area contributed by atoms with E-state index in [2.05, 4.69) is 5.32 Å². The minimum Gasteiger partial charge on any atom is -0.346 e. The highest BCUT2D eigenvalue weighted by Gasteiger charge is 2.45. The van der Waals surface area contributed by atoms with Gasteiger partial charge in [0, 0.05) is 25.6 Å². The quantitative estimate of drug-likeness (QED) is 0.648. The number of aryl methyl sites for hydroxylation is 1. The molecule has 2 aromatic carbocycles. The molecule has 3 aromatic rings. The van der Waals surface area contributed by atoms with Crippen LogP contribution in [0.2, 0.25) is 0 Å². The lowest BCUT2D eigenvalue weighted by molar-refractivity contribution is -0.125. The number of amides is 2. The molecule has 1 aliphatic carbocycles. The molecule has 5 rings (SSSR count). The van der Waals surface area contributed by atoms with Gasteiger partial charge in [0.2, 0.25) is 5.91 Å². The number of aromatic nitrogens is 2. The Kier molecular flexibility index (Phi) is 5.24. The van der Waals surface area contributed by atoms with Gasteiger partial charge >= 0.3 is 0 Å². The second-order valence-corrected chi connectivity index (χ2v) is 9.32. The van der Waals surface area contributed by atoms with Crippen molar-refractivity contribution in [2.75, 3.05) is 0 Å². The lowest BCUT2D eigenvalue weighted by atomic mass is 9.77. The molecule has 1 saturated carbocycles. The fraction of sp³-hybridized carbons (Fsp3) is 0.423. The summed E-state index contributed by atoms with van der Waals surface area (Å²) in [6, 6.07) is 15.6. The zero-order chi connectivity index (χ0) is 22.3. The minimum absolute atomic E-state index is 0.0183. The van der Waals surface area contributed by atoms with E-state index >= 15 is 0 Å². The lowest BCUT2D eigenvalue weighted by Gasteiger charge is -2.44. The van der Waals surface area contributed by atoms with Gasteiger partial charge < -0.3 is 14.8 Å². The van der Waals surface area contributed by atoms with Crippen LogP contribution in [0.15, 0.2) is 48.5 Å². The number of para-hydroxylation sites is 2. The van der Waals surface area contributed by atoms with Gasteiger partial charge in [0.25, 0.3) is 5.91 Å². The van der Waals surface area contributed by atoms with Crippen molar-refractivity contribution in [2.45, 2.75) is 63.6 Å². The van der Waals surface area contributed by atoms with Crippen molar-refractivity contribution in [3.8, 4) is 0 Å². The molecular formula is C26H30N4O2. The number of benzene rings is 2. The Bertz CT molecular complexity index is 1180. The number of nitrogens with zero attached hydrogens (tertiary/aromatic N) is 3. The number of carbonyl (C=O) groups is 2. The van der Waals surface area contributed by atoms with Crippen LogP contribution in [0.25, 0.3) is 11.0 Å². The number of nitrogens with one attached hydrogen (secondary N) is 1. The molecule has 1 atom stereocenters. The first-order chi connectivity index (χ1) is 15.5. The molecule has 1 fully saturated rings. The van der Waals surface area contributed by atoms with Gasteiger partial charge in [-0.3, -0.25) is 9.59 Å². The first-order valence-electron chi connectivity index (χ1n) is 11.6. The zero-order valence-electron chi connectivity index (χ0n) is 18.8. The summed E-state index contributed by atoms with van der Waals surface area (Å²) in [5.41, 5.74) is 3.41. The van der Waals surface area contributed by atoms with E-state index in [0.29, 0.717) is 13.0 Å². The topological polar surface area (TPSA) is 67.2 Å². The highest BCUT2D eigenvalue weighted by atomic mass is 16.2. The molecular weight excluding hydrogens is 400 g/mol. The standard InChI is InChI=1S/C26H30N4O2/c1-18(24-28-21-12-6-7-13-22(21)29(24)2)27-23(31)16-26(14-8-3-9-15-26)30-17-19-10-4-5-11-20(19)25(30)32/h4-7,10-13,18H,3,8-9,14-17H2,1-2H3,(H,27,31). The summed E-state index contributed by atoms with van der Waals surface area (Å²) in [4.78, 5) is 33.2. The van der Waals surface area contributed by atoms with Gasteiger partial charge in [-0.1, -0.05) is 49.6 Å². The highest BCUT2D eigenvalue weighted by molar-refractivity contribution is 5.99. The number of hydrogen-bond donors (Lipinski definition) is 1. The monoisotopic (exact) mass is 430 g/mol. The van der Waals surface area contributed by atoms with Gasteiger partial charge in [0.05, 0.1) is 22.6 Å². The minimum atomic E-state index is -0.412. The van der Waals surface area contributed by atoms with Crippen molar-refractivity contribution in [3.05, 3.63) is 65.5 Å². The molecule has 0 saturated heterocycles. The maximum atomic E-state index is 13.3. The van der Waals surface area contributed by atoms with Crippen LogP contribution >= 0.6 is 0 Å². The van der Waals surface area contributed by atoms with E-state index in [-0.39, 0.29) is 17.9 Å². The van der Waals surface area contributed by atoms with Gasteiger partial charge in [0.15, 0.2) is 0 Å². The smallest absolute Gasteiger partial charge is 0.254 e. The second kappa shape index (κ2) is 8.08.